The van der Waals surface area contributed by atoms with Crippen LogP contribution in [0.3, 0.4) is 0 Å². The van der Waals surface area contributed by atoms with Crippen LogP contribution in [0, 0.1) is 0 Å². The molecule has 2 amide bonds. The largest absolute Gasteiger partial charge is 0.477 e. The van der Waals surface area contributed by atoms with E-state index in [9.17, 15) is 19.5 Å². The summed E-state index contributed by atoms with van der Waals surface area (Å²) in [6, 6.07) is 7.95. The average molecular weight is 351 g/mol. The van der Waals surface area contributed by atoms with Gasteiger partial charge in [0.25, 0.3) is 5.91 Å². The number of nitrogens with zero attached hydrogens (tertiary/aromatic N) is 1. The number of ether oxygens (including phenoxy) is 1. The number of carboxylic acids is 1. The maximum Gasteiger partial charge on any atom is 0.408 e. The molecule has 8 heteroatoms. The van der Waals surface area contributed by atoms with Crippen LogP contribution in [0.4, 0.5) is 4.79 Å². The van der Waals surface area contributed by atoms with Gasteiger partial charge in [0, 0.05) is 5.03 Å². The number of hydrogen-bond donors (Lipinski definition) is 2. The molecule has 0 aromatic heterocycles. The van der Waals surface area contributed by atoms with Crippen molar-refractivity contribution in [3.63, 3.8) is 0 Å². The number of allylic oxidation sites excluding steroid dienone is 1. The van der Waals surface area contributed by atoms with Gasteiger partial charge in [0.2, 0.25) is 0 Å². The highest BCUT2D eigenvalue weighted by Gasteiger charge is 2.53. The second kappa shape index (κ2) is 6.52. The minimum atomic E-state index is -1.25. The van der Waals surface area contributed by atoms with E-state index in [1.807, 2.05) is 30.3 Å². The Balaban J connectivity index is 1.59. The summed E-state index contributed by atoms with van der Waals surface area (Å²) in [5.41, 5.74) is 0.628. The molecule has 1 aromatic carbocycles. The number of alkyl carbamates (subject to hydrolysis) is 1. The number of amides is 2. The van der Waals surface area contributed by atoms with Gasteiger partial charge in [-0.1, -0.05) is 41.9 Å². The molecule has 2 atom stereocenters. The van der Waals surface area contributed by atoms with E-state index in [2.05, 4.69) is 5.32 Å². The van der Waals surface area contributed by atoms with Gasteiger partial charge in [0.15, 0.2) is 0 Å². The SMILES string of the molecule is O=C(N[C@H]1C(=O)N2C(C(=O)O)=C(Cl)CC[C@H]12)OCc1ccccc1. The Kier molecular flexibility index (Phi) is 4.44. The first-order chi connectivity index (χ1) is 11.5. The van der Waals surface area contributed by atoms with Crippen molar-refractivity contribution < 1.29 is 24.2 Å². The number of β-lactam (4-membered cyclic amide) rings is 1. The number of halogens is 1. The minimum Gasteiger partial charge on any atom is -0.477 e. The molecule has 1 fully saturated rings. The molecular formula is C16H15ClN2O5. The van der Waals surface area contributed by atoms with Crippen LogP contribution >= 0.6 is 11.6 Å². The van der Waals surface area contributed by atoms with Crippen molar-refractivity contribution in [2.24, 2.45) is 0 Å². The second-order valence-corrected chi connectivity index (χ2v) is 6.01. The topological polar surface area (TPSA) is 95.9 Å². The standard InChI is InChI=1S/C16H15ClN2O5/c17-10-6-7-11-12(14(20)19(11)13(10)15(21)22)18-16(23)24-8-9-4-2-1-3-5-9/h1-5,11-12H,6-8H2,(H,18,23)(H,21,22)/t11-,12-/m1/s1. The zero-order valence-corrected chi connectivity index (χ0v) is 13.3. The third kappa shape index (κ3) is 2.94. The number of aliphatic carboxylic acids is 1. The second-order valence-electron chi connectivity index (χ2n) is 5.56. The first-order valence-electron chi connectivity index (χ1n) is 7.41. The average Bonchev–Trinajstić information content (AvgIpc) is 2.58. The van der Waals surface area contributed by atoms with Gasteiger partial charge in [-0.15, -0.1) is 0 Å². The zero-order valence-electron chi connectivity index (χ0n) is 12.6. The van der Waals surface area contributed by atoms with Gasteiger partial charge >= 0.3 is 12.1 Å². The van der Waals surface area contributed by atoms with Crippen LogP contribution in [-0.4, -0.2) is 40.1 Å². The number of nitrogens with one attached hydrogen (secondary N) is 1. The molecule has 0 spiro atoms. The van der Waals surface area contributed by atoms with Crippen LogP contribution in [0.2, 0.25) is 0 Å². The fraction of sp³-hybridized carbons (Fsp3) is 0.312. The van der Waals surface area contributed by atoms with Crippen LogP contribution < -0.4 is 5.32 Å². The molecule has 1 saturated heterocycles. The van der Waals surface area contributed by atoms with Crippen LogP contribution in [0.1, 0.15) is 18.4 Å². The smallest absolute Gasteiger partial charge is 0.408 e. The number of hydrogen-bond acceptors (Lipinski definition) is 4. The Hall–Kier alpha value is -2.54. The monoisotopic (exact) mass is 350 g/mol. The molecule has 2 heterocycles. The summed E-state index contributed by atoms with van der Waals surface area (Å²) in [6.07, 6.45) is 0.134. The zero-order chi connectivity index (χ0) is 17.3. The van der Waals surface area contributed by atoms with Gasteiger partial charge < -0.3 is 15.2 Å². The van der Waals surface area contributed by atoms with E-state index in [0.29, 0.717) is 12.8 Å². The summed E-state index contributed by atoms with van der Waals surface area (Å²) in [7, 11) is 0. The summed E-state index contributed by atoms with van der Waals surface area (Å²) >= 11 is 5.90. The lowest BCUT2D eigenvalue weighted by Crippen LogP contribution is -2.71. The fourth-order valence-corrected chi connectivity index (χ4v) is 3.19. The summed E-state index contributed by atoms with van der Waals surface area (Å²) < 4.78 is 5.08. The summed E-state index contributed by atoms with van der Waals surface area (Å²) in [6.45, 7) is 0.0913. The van der Waals surface area contributed by atoms with Crippen molar-refractivity contribution in [1.29, 1.82) is 0 Å². The molecule has 0 saturated carbocycles. The fourth-order valence-electron chi connectivity index (χ4n) is 2.91. The molecule has 0 bridgehead atoms. The van der Waals surface area contributed by atoms with E-state index in [1.54, 1.807) is 0 Å². The summed E-state index contributed by atoms with van der Waals surface area (Å²) in [5, 5.41) is 11.8. The van der Waals surface area contributed by atoms with E-state index in [0.717, 1.165) is 10.5 Å². The van der Waals surface area contributed by atoms with E-state index in [4.69, 9.17) is 16.3 Å². The number of benzene rings is 1. The molecule has 24 heavy (non-hydrogen) atoms. The number of carboxylic acid groups (broad SMARTS) is 1. The Morgan fingerprint density at radius 1 is 1.33 bits per heavy atom. The molecule has 2 aliphatic heterocycles. The maximum atomic E-state index is 12.2. The predicted molar refractivity (Wildman–Crippen MR) is 83.9 cm³/mol. The predicted octanol–water partition coefficient (Wildman–Crippen LogP) is 1.82. The van der Waals surface area contributed by atoms with Gasteiger partial charge in [-0.2, -0.15) is 0 Å². The molecule has 0 unspecified atom stereocenters. The molecule has 0 aliphatic carbocycles. The van der Waals surface area contributed by atoms with Crippen molar-refractivity contribution in [3.8, 4) is 0 Å². The van der Waals surface area contributed by atoms with Gasteiger partial charge in [-0.3, -0.25) is 9.69 Å². The van der Waals surface area contributed by atoms with Crippen LogP contribution in [0.15, 0.2) is 41.1 Å². The lowest BCUT2D eigenvalue weighted by molar-refractivity contribution is -0.153. The van der Waals surface area contributed by atoms with Gasteiger partial charge in [0.05, 0.1) is 6.04 Å². The van der Waals surface area contributed by atoms with Gasteiger partial charge in [-0.05, 0) is 18.4 Å². The summed E-state index contributed by atoms with van der Waals surface area (Å²) in [4.78, 5) is 36.4. The van der Waals surface area contributed by atoms with E-state index >= 15 is 0 Å². The number of carbonyl (C=O) groups excluding carboxylic acids is 2. The Morgan fingerprint density at radius 2 is 2.04 bits per heavy atom. The van der Waals surface area contributed by atoms with Crippen molar-refractivity contribution in [3.05, 3.63) is 46.6 Å². The lowest BCUT2D eigenvalue weighted by atomic mass is 9.86. The summed E-state index contributed by atoms with van der Waals surface area (Å²) in [5.74, 6) is -1.74. The van der Waals surface area contributed by atoms with Crippen molar-refractivity contribution in [2.45, 2.75) is 31.5 Å². The minimum absolute atomic E-state index is 0.0913. The van der Waals surface area contributed by atoms with Gasteiger partial charge in [-0.25, -0.2) is 9.59 Å². The molecular weight excluding hydrogens is 336 g/mol. The third-order valence-corrected chi connectivity index (χ3v) is 4.43. The Labute approximate surface area is 142 Å². The first-order valence-corrected chi connectivity index (χ1v) is 7.79. The molecule has 1 aromatic rings. The van der Waals surface area contributed by atoms with E-state index in [1.165, 1.54) is 0 Å². The maximum absolute atomic E-state index is 12.2. The molecule has 7 nitrogen and oxygen atoms in total. The van der Waals surface area contributed by atoms with Crippen LogP contribution in [-0.2, 0) is 20.9 Å². The van der Waals surface area contributed by atoms with Crippen molar-refractivity contribution >= 4 is 29.6 Å². The van der Waals surface area contributed by atoms with Gasteiger partial charge in [0.1, 0.15) is 18.3 Å². The molecule has 126 valence electrons. The van der Waals surface area contributed by atoms with E-state index < -0.39 is 30.1 Å². The molecule has 3 rings (SSSR count). The van der Waals surface area contributed by atoms with Crippen molar-refractivity contribution in [1.82, 2.24) is 10.2 Å². The van der Waals surface area contributed by atoms with E-state index in [-0.39, 0.29) is 17.3 Å². The molecule has 2 N–H and O–H groups in total. The quantitative estimate of drug-likeness (QED) is 0.807. The highest BCUT2D eigenvalue weighted by molar-refractivity contribution is 6.32. The third-order valence-electron chi connectivity index (χ3n) is 4.07. The van der Waals surface area contributed by atoms with Crippen LogP contribution in [0.5, 0.6) is 0 Å². The Bertz CT molecular complexity index is 718. The lowest BCUT2D eigenvalue weighted by Gasteiger charge is -2.49. The normalized spacial score (nSPS) is 22.5. The number of fused-ring (bicyclic) bond motifs is 1. The number of rotatable bonds is 4. The highest BCUT2D eigenvalue weighted by atomic mass is 35.5. The molecule has 2 aliphatic rings. The Morgan fingerprint density at radius 3 is 2.71 bits per heavy atom. The first kappa shape index (κ1) is 16.3. The molecule has 0 radical (unpaired) electrons. The van der Waals surface area contributed by atoms with Crippen molar-refractivity contribution in [2.75, 3.05) is 0 Å². The highest BCUT2D eigenvalue weighted by Crippen LogP contribution is 2.37. The number of carbonyl (C=O) groups is 3. The van der Waals surface area contributed by atoms with Crippen LogP contribution in [0.25, 0.3) is 0 Å².